The molecule has 0 aromatic heterocycles. The van der Waals surface area contributed by atoms with Crippen molar-refractivity contribution in [2.24, 2.45) is 5.10 Å². The number of halogens is 1. The molecule has 3 aromatic carbocycles. The number of hydrogen-bond acceptors (Lipinski definition) is 6. The highest BCUT2D eigenvalue weighted by Crippen LogP contribution is 2.36. The first-order chi connectivity index (χ1) is 19.6. The van der Waals surface area contributed by atoms with Crippen molar-refractivity contribution in [3.63, 3.8) is 0 Å². The standard InChI is InChI=1S/C31H35ClN4O5/c1-6-40-27-15-23(14-25(32)29(27)41-18-28(37)35-26-12-7-20(4)13-21(26)5)17-34-36-31(39)30(38)33-16-22-8-10-24(11-9-22)19(2)3/h7-15,17,19H,6,16,18H2,1-5H3,(H,33,38)(H,35,37)(H,36,39)/b34-17-. The molecule has 0 aliphatic heterocycles. The molecule has 41 heavy (non-hydrogen) atoms. The normalized spacial score (nSPS) is 10.9. The van der Waals surface area contributed by atoms with Crippen molar-refractivity contribution in [1.82, 2.24) is 10.7 Å². The molecule has 0 aliphatic rings. The Hall–Kier alpha value is -4.37. The molecule has 0 heterocycles. The molecular formula is C31H35ClN4O5. The highest BCUT2D eigenvalue weighted by atomic mass is 35.5. The Morgan fingerprint density at radius 2 is 1.71 bits per heavy atom. The quantitative estimate of drug-likeness (QED) is 0.163. The molecule has 0 radical (unpaired) electrons. The average Bonchev–Trinajstić information content (AvgIpc) is 2.93. The first-order valence-corrected chi connectivity index (χ1v) is 13.6. The third-order valence-corrected chi connectivity index (χ3v) is 6.30. The lowest BCUT2D eigenvalue weighted by Crippen LogP contribution is -2.37. The van der Waals surface area contributed by atoms with Crippen LogP contribution < -0.4 is 25.5 Å². The van der Waals surface area contributed by atoms with Gasteiger partial charge in [-0.05, 0) is 67.1 Å². The molecule has 216 valence electrons. The number of nitrogens with zero attached hydrogens (tertiary/aromatic N) is 1. The van der Waals surface area contributed by atoms with Crippen LogP contribution in [-0.2, 0) is 20.9 Å². The van der Waals surface area contributed by atoms with Crippen molar-refractivity contribution in [1.29, 1.82) is 0 Å². The molecule has 0 unspecified atom stereocenters. The minimum atomic E-state index is -0.911. The Bertz CT molecular complexity index is 1420. The van der Waals surface area contributed by atoms with Crippen LogP contribution in [0.4, 0.5) is 5.69 Å². The zero-order valence-electron chi connectivity index (χ0n) is 23.8. The summed E-state index contributed by atoms with van der Waals surface area (Å²) in [6.07, 6.45) is 1.32. The van der Waals surface area contributed by atoms with E-state index in [9.17, 15) is 14.4 Å². The van der Waals surface area contributed by atoms with Crippen molar-refractivity contribution in [2.75, 3.05) is 18.5 Å². The fraction of sp³-hybridized carbons (Fsp3) is 0.290. The van der Waals surface area contributed by atoms with Crippen LogP contribution in [0.25, 0.3) is 0 Å². The van der Waals surface area contributed by atoms with Crippen LogP contribution in [-0.4, -0.2) is 37.1 Å². The average molecular weight is 579 g/mol. The number of carbonyl (C=O) groups excluding carboxylic acids is 3. The van der Waals surface area contributed by atoms with Gasteiger partial charge in [-0.3, -0.25) is 14.4 Å². The zero-order chi connectivity index (χ0) is 29.9. The molecule has 3 amide bonds. The topological polar surface area (TPSA) is 118 Å². The van der Waals surface area contributed by atoms with Gasteiger partial charge in [0.2, 0.25) is 0 Å². The Morgan fingerprint density at radius 3 is 2.37 bits per heavy atom. The molecule has 9 nitrogen and oxygen atoms in total. The van der Waals surface area contributed by atoms with E-state index in [0.717, 1.165) is 16.7 Å². The summed E-state index contributed by atoms with van der Waals surface area (Å²) in [4.78, 5) is 36.8. The second-order valence-corrected chi connectivity index (χ2v) is 10.1. The molecule has 3 aromatic rings. The van der Waals surface area contributed by atoms with Gasteiger partial charge < -0.3 is 20.1 Å². The van der Waals surface area contributed by atoms with Crippen LogP contribution in [0.15, 0.2) is 59.7 Å². The van der Waals surface area contributed by atoms with E-state index in [0.29, 0.717) is 29.5 Å². The van der Waals surface area contributed by atoms with E-state index < -0.39 is 11.8 Å². The summed E-state index contributed by atoms with van der Waals surface area (Å²) in [6, 6.07) is 16.7. The summed E-state index contributed by atoms with van der Waals surface area (Å²) in [5, 5.41) is 9.42. The fourth-order valence-corrected chi connectivity index (χ4v) is 4.12. The number of benzene rings is 3. The number of amides is 3. The Labute approximate surface area is 245 Å². The maximum Gasteiger partial charge on any atom is 0.329 e. The van der Waals surface area contributed by atoms with Crippen molar-refractivity contribution in [3.8, 4) is 11.5 Å². The first-order valence-electron chi connectivity index (χ1n) is 13.2. The van der Waals surface area contributed by atoms with E-state index in [1.54, 1.807) is 13.0 Å². The smallest absolute Gasteiger partial charge is 0.329 e. The zero-order valence-corrected chi connectivity index (χ0v) is 24.6. The summed E-state index contributed by atoms with van der Waals surface area (Å²) in [5.41, 5.74) is 7.49. The highest BCUT2D eigenvalue weighted by molar-refractivity contribution is 6.35. The number of anilines is 1. The lowest BCUT2D eigenvalue weighted by molar-refractivity contribution is -0.139. The number of rotatable bonds is 11. The molecule has 0 atom stereocenters. The molecule has 0 saturated heterocycles. The van der Waals surface area contributed by atoms with Gasteiger partial charge in [0.15, 0.2) is 18.1 Å². The van der Waals surface area contributed by atoms with E-state index in [1.807, 2.05) is 56.3 Å². The molecule has 0 bridgehead atoms. The summed E-state index contributed by atoms with van der Waals surface area (Å²) < 4.78 is 11.3. The third kappa shape index (κ3) is 9.36. The maximum absolute atomic E-state index is 12.5. The van der Waals surface area contributed by atoms with Crippen LogP contribution in [0.3, 0.4) is 0 Å². The van der Waals surface area contributed by atoms with E-state index in [2.05, 4.69) is 35.0 Å². The molecule has 0 saturated carbocycles. The number of carbonyl (C=O) groups is 3. The second-order valence-electron chi connectivity index (χ2n) is 9.70. The van der Waals surface area contributed by atoms with E-state index in [4.69, 9.17) is 21.1 Å². The fourth-order valence-electron chi connectivity index (χ4n) is 3.84. The first kappa shape index (κ1) is 31.2. The van der Waals surface area contributed by atoms with Crippen molar-refractivity contribution >= 4 is 41.2 Å². The van der Waals surface area contributed by atoms with Crippen LogP contribution >= 0.6 is 11.6 Å². The van der Waals surface area contributed by atoms with Crippen molar-refractivity contribution in [3.05, 3.63) is 87.4 Å². The molecule has 10 heteroatoms. The molecule has 0 fully saturated rings. The molecule has 3 rings (SSSR count). The Morgan fingerprint density at radius 1 is 0.976 bits per heavy atom. The lowest BCUT2D eigenvalue weighted by atomic mass is 10.0. The second kappa shape index (κ2) is 14.9. The van der Waals surface area contributed by atoms with Crippen molar-refractivity contribution in [2.45, 2.75) is 47.1 Å². The van der Waals surface area contributed by atoms with Gasteiger partial charge in [0.1, 0.15) is 0 Å². The number of ether oxygens (including phenoxy) is 2. The van der Waals surface area contributed by atoms with Gasteiger partial charge in [0.05, 0.1) is 17.8 Å². The largest absolute Gasteiger partial charge is 0.490 e. The van der Waals surface area contributed by atoms with E-state index in [1.165, 1.54) is 17.8 Å². The molecule has 3 N–H and O–H groups in total. The predicted molar refractivity (Wildman–Crippen MR) is 161 cm³/mol. The van der Waals surface area contributed by atoms with Gasteiger partial charge in [0.25, 0.3) is 5.91 Å². The molecule has 0 spiro atoms. The van der Waals surface area contributed by atoms with Crippen LogP contribution in [0, 0.1) is 13.8 Å². The minimum absolute atomic E-state index is 0.185. The number of hydrogen-bond donors (Lipinski definition) is 3. The van der Waals surface area contributed by atoms with Crippen LogP contribution in [0.1, 0.15) is 54.5 Å². The van der Waals surface area contributed by atoms with Crippen LogP contribution in [0.5, 0.6) is 11.5 Å². The monoisotopic (exact) mass is 578 g/mol. The van der Waals surface area contributed by atoms with E-state index >= 15 is 0 Å². The van der Waals surface area contributed by atoms with Gasteiger partial charge >= 0.3 is 11.8 Å². The van der Waals surface area contributed by atoms with Gasteiger partial charge in [0, 0.05) is 12.2 Å². The number of hydrazone groups is 1. The SMILES string of the molecule is CCOc1cc(/C=N\NC(=O)C(=O)NCc2ccc(C(C)C)cc2)cc(Cl)c1OCC(=O)Nc1ccc(C)cc1C. The Balaban J connectivity index is 1.56. The minimum Gasteiger partial charge on any atom is -0.490 e. The summed E-state index contributed by atoms with van der Waals surface area (Å²) in [5.74, 6) is -1.17. The summed E-state index contributed by atoms with van der Waals surface area (Å²) in [7, 11) is 0. The van der Waals surface area contributed by atoms with Crippen LogP contribution in [0.2, 0.25) is 5.02 Å². The summed E-state index contributed by atoms with van der Waals surface area (Å²) >= 11 is 6.43. The third-order valence-electron chi connectivity index (χ3n) is 6.02. The predicted octanol–water partition coefficient (Wildman–Crippen LogP) is 5.26. The van der Waals surface area contributed by atoms with Gasteiger partial charge in [-0.2, -0.15) is 5.10 Å². The van der Waals surface area contributed by atoms with Gasteiger partial charge in [-0.1, -0.05) is 67.4 Å². The maximum atomic E-state index is 12.5. The summed E-state index contributed by atoms with van der Waals surface area (Å²) in [6.45, 7) is 10.1. The van der Waals surface area contributed by atoms with E-state index in [-0.39, 0.29) is 29.8 Å². The van der Waals surface area contributed by atoms with Crippen molar-refractivity contribution < 1.29 is 23.9 Å². The number of nitrogens with one attached hydrogen (secondary N) is 3. The van der Waals surface area contributed by atoms with Gasteiger partial charge in [-0.15, -0.1) is 0 Å². The van der Waals surface area contributed by atoms with Gasteiger partial charge in [-0.25, -0.2) is 5.43 Å². The Kier molecular flexibility index (Phi) is 11.3. The molecular weight excluding hydrogens is 544 g/mol. The number of aryl methyl sites for hydroxylation is 2. The molecule has 0 aliphatic carbocycles. The highest BCUT2D eigenvalue weighted by Gasteiger charge is 2.16. The lowest BCUT2D eigenvalue weighted by Gasteiger charge is -2.15.